The Hall–Kier alpha value is -0.890. The van der Waals surface area contributed by atoms with Gasteiger partial charge in [0.2, 0.25) is 0 Å². The largest absolute Gasteiger partial charge is 0.310 e. The molecule has 17 heavy (non-hydrogen) atoms. The Morgan fingerprint density at radius 3 is 2.59 bits per heavy atom. The molecule has 0 bridgehead atoms. The predicted molar refractivity (Wildman–Crippen MR) is 69.5 cm³/mol. The molecule has 1 N–H and O–H groups in total. The molecule has 1 fully saturated rings. The smallest absolute Gasteiger partial charge is 0.123 e. The van der Waals surface area contributed by atoms with E-state index in [0.717, 1.165) is 17.7 Å². The van der Waals surface area contributed by atoms with Gasteiger partial charge in [0.25, 0.3) is 0 Å². The van der Waals surface area contributed by atoms with Crippen LogP contribution in [0.1, 0.15) is 49.8 Å². The summed E-state index contributed by atoms with van der Waals surface area (Å²) in [5.41, 5.74) is 2.14. The second kappa shape index (κ2) is 5.63. The van der Waals surface area contributed by atoms with E-state index in [4.69, 9.17) is 0 Å². The van der Waals surface area contributed by atoms with Gasteiger partial charge in [-0.1, -0.05) is 25.8 Å². The van der Waals surface area contributed by atoms with Gasteiger partial charge in [0.05, 0.1) is 0 Å². The zero-order valence-corrected chi connectivity index (χ0v) is 10.8. The lowest BCUT2D eigenvalue weighted by atomic mass is 9.90. The maximum absolute atomic E-state index is 13.5. The lowest BCUT2D eigenvalue weighted by Crippen LogP contribution is -2.27. The summed E-state index contributed by atoms with van der Waals surface area (Å²) in [6, 6.07) is 5.74. The molecule has 0 saturated heterocycles. The summed E-state index contributed by atoms with van der Waals surface area (Å²) in [6.45, 7) is 5.02. The monoisotopic (exact) mass is 235 g/mol. The van der Waals surface area contributed by atoms with E-state index >= 15 is 0 Å². The van der Waals surface area contributed by atoms with Crippen molar-refractivity contribution in [2.24, 2.45) is 5.92 Å². The molecular formula is C15H22FN. The summed E-state index contributed by atoms with van der Waals surface area (Å²) in [7, 11) is 0. The first kappa shape index (κ1) is 12.6. The molecule has 2 heteroatoms. The number of rotatable bonds is 4. The maximum Gasteiger partial charge on any atom is 0.123 e. The van der Waals surface area contributed by atoms with Gasteiger partial charge >= 0.3 is 0 Å². The first-order valence-corrected chi connectivity index (χ1v) is 6.71. The van der Waals surface area contributed by atoms with Crippen LogP contribution in [-0.2, 0) is 0 Å². The highest BCUT2D eigenvalue weighted by molar-refractivity contribution is 5.27. The lowest BCUT2D eigenvalue weighted by Gasteiger charge is -2.25. The van der Waals surface area contributed by atoms with Crippen molar-refractivity contribution in [3.05, 3.63) is 35.1 Å². The number of hydrogen-bond acceptors (Lipinski definition) is 1. The Balaban J connectivity index is 2.24. The highest BCUT2D eigenvalue weighted by Gasteiger charge is 2.25. The topological polar surface area (TPSA) is 12.0 Å². The second-order valence-corrected chi connectivity index (χ2v) is 5.14. The molecule has 1 aromatic rings. The summed E-state index contributed by atoms with van der Waals surface area (Å²) in [5.74, 6) is 0.567. The van der Waals surface area contributed by atoms with Crippen molar-refractivity contribution in [2.75, 3.05) is 6.54 Å². The van der Waals surface area contributed by atoms with Crippen molar-refractivity contribution in [3.8, 4) is 0 Å². The van der Waals surface area contributed by atoms with Crippen LogP contribution in [0.25, 0.3) is 0 Å². The third-order valence-corrected chi connectivity index (χ3v) is 3.72. The van der Waals surface area contributed by atoms with Gasteiger partial charge in [-0.15, -0.1) is 0 Å². The molecule has 1 atom stereocenters. The van der Waals surface area contributed by atoms with Crippen LogP contribution in [0.4, 0.5) is 4.39 Å². The number of hydrogen-bond donors (Lipinski definition) is 1. The molecule has 2 rings (SSSR count). The normalized spacial score (nSPS) is 18.5. The molecule has 0 aliphatic heterocycles. The van der Waals surface area contributed by atoms with Crippen LogP contribution in [0, 0.1) is 18.7 Å². The van der Waals surface area contributed by atoms with Gasteiger partial charge < -0.3 is 5.32 Å². The van der Waals surface area contributed by atoms with E-state index in [-0.39, 0.29) is 5.82 Å². The summed E-state index contributed by atoms with van der Waals surface area (Å²) in [6.07, 6.45) is 5.18. The number of aryl methyl sites for hydroxylation is 1. The highest BCUT2D eigenvalue weighted by atomic mass is 19.1. The van der Waals surface area contributed by atoms with E-state index in [1.807, 2.05) is 6.92 Å². The molecule has 0 heterocycles. The predicted octanol–water partition coefficient (Wildman–Crippen LogP) is 3.97. The molecule has 1 nitrogen and oxygen atoms in total. The summed E-state index contributed by atoms with van der Waals surface area (Å²) < 4.78 is 13.5. The molecule has 0 spiro atoms. The van der Waals surface area contributed by atoms with Gasteiger partial charge in [-0.2, -0.15) is 0 Å². The van der Waals surface area contributed by atoms with E-state index in [1.54, 1.807) is 12.1 Å². The molecule has 0 amide bonds. The van der Waals surface area contributed by atoms with E-state index in [1.165, 1.54) is 25.7 Å². The van der Waals surface area contributed by atoms with Crippen LogP contribution in [0.15, 0.2) is 18.2 Å². The van der Waals surface area contributed by atoms with Crippen molar-refractivity contribution in [1.82, 2.24) is 5.32 Å². The SMILES string of the molecule is CCNC(c1cc(C)cc(F)c1)C1CCCC1. The van der Waals surface area contributed by atoms with E-state index in [9.17, 15) is 4.39 Å². The minimum atomic E-state index is -0.110. The fourth-order valence-corrected chi connectivity index (χ4v) is 3.01. The Labute approximate surface area is 103 Å². The van der Waals surface area contributed by atoms with Gasteiger partial charge in [-0.05, 0) is 55.5 Å². The molecule has 1 aromatic carbocycles. The first-order chi connectivity index (χ1) is 8.20. The number of nitrogens with one attached hydrogen (secondary N) is 1. The van der Waals surface area contributed by atoms with Gasteiger partial charge in [-0.25, -0.2) is 4.39 Å². The average Bonchev–Trinajstić information content (AvgIpc) is 2.77. The first-order valence-electron chi connectivity index (χ1n) is 6.71. The van der Waals surface area contributed by atoms with Crippen molar-refractivity contribution in [2.45, 2.75) is 45.6 Å². The highest BCUT2D eigenvalue weighted by Crippen LogP contribution is 2.36. The van der Waals surface area contributed by atoms with Crippen LogP contribution in [0.5, 0.6) is 0 Å². The molecule has 1 aliphatic rings. The zero-order valence-electron chi connectivity index (χ0n) is 10.8. The fraction of sp³-hybridized carbons (Fsp3) is 0.600. The van der Waals surface area contributed by atoms with Crippen LogP contribution >= 0.6 is 0 Å². The lowest BCUT2D eigenvalue weighted by molar-refractivity contribution is 0.373. The van der Waals surface area contributed by atoms with Crippen LogP contribution in [0.2, 0.25) is 0 Å². The quantitative estimate of drug-likeness (QED) is 0.832. The molecule has 1 saturated carbocycles. The third-order valence-electron chi connectivity index (χ3n) is 3.72. The third kappa shape index (κ3) is 3.06. The minimum absolute atomic E-state index is 0.110. The Morgan fingerprint density at radius 2 is 2.00 bits per heavy atom. The maximum atomic E-state index is 13.5. The summed E-state index contributed by atoms with van der Waals surface area (Å²) in [4.78, 5) is 0. The Bertz CT molecular complexity index is 349. The molecule has 1 unspecified atom stereocenters. The van der Waals surface area contributed by atoms with E-state index in [0.29, 0.717) is 12.0 Å². The second-order valence-electron chi connectivity index (χ2n) is 5.14. The summed E-state index contributed by atoms with van der Waals surface area (Å²) in [5, 5.41) is 3.53. The van der Waals surface area contributed by atoms with Gasteiger partial charge in [-0.3, -0.25) is 0 Å². The summed E-state index contributed by atoms with van der Waals surface area (Å²) >= 11 is 0. The van der Waals surface area contributed by atoms with Gasteiger partial charge in [0, 0.05) is 6.04 Å². The minimum Gasteiger partial charge on any atom is -0.310 e. The van der Waals surface area contributed by atoms with Crippen molar-refractivity contribution in [1.29, 1.82) is 0 Å². The fourth-order valence-electron chi connectivity index (χ4n) is 3.01. The average molecular weight is 235 g/mol. The van der Waals surface area contributed by atoms with Gasteiger partial charge in [0.1, 0.15) is 5.82 Å². The standard InChI is InChI=1S/C15H22FN/c1-3-17-15(12-6-4-5-7-12)13-8-11(2)9-14(16)10-13/h8-10,12,15,17H,3-7H2,1-2H3. The van der Waals surface area contributed by atoms with Crippen molar-refractivity contribution < 1.29 is 4.39 Å². The molecule has 0 radical (unpaired) electrons. The van der Waals surface area contributed by atoms with Crippen molar-refractivity contribution >= 4 is 0 Å². The van der Waals surface area contributed by atoms with E-state index < -0.39 is 0 Å². The number of halogens is 1. The van der Waals surface area contributed by atoms with Gasteiger partial charge in [0.15, 0.2) is 0 Å². The van der Waals surface area contributed by atoms with Crippen molar-refractivity contribution in [3.63, 3.8) is 0 Å². The van der Waals surface area contributed by atoms with Crippen LogP contribution in [0.3, 0.4) is 0 Å². The number of benzene rings is 1. The van der Waals surface area contributed by atoms with Crippen LogP contribution in [-0.4, -0.2) is 6.54 Å². The molecule has 0 aromatic heterocycles. The zero-order chi connectivity index (χ0) is 12.3. The van der Waals surface area contributed by atoms with E-state index in [2.05, 4.69) is 18.3 Å². The molecular weight excluding hydrogens is 213 g/mol. The Kier molecular flexibility index (Phi) is 4.16. The van der Waals surface area contributed by atoms with Crippen LogP contribution < -0.4 is 5.32 Å². The Morgan fingerprint density at radius 1 is 1.29 bits per heavy atom. The molecule has 1 aliphatic carbocycles. The molecule has 94 valence electrons.